The van der Waals surface area contributed by atoms with Crippen LogP contribution in [0.5, 0.6) is 0 Å². The quantitative estimate of drug-likeness (QED) is 0.530. The van der Waals surface area contributed by atoms with E-state index in [2.05, 4.69) is 15.3 Å². The Hall–Kier alpha value is -3.52. The Morgan fingerprint density at radius 1 is 1.16 bits per heavy atom. The van der Waals surface area contributed by atoms with Crippen molar-refractivity contribution >= 4 is 28.4 Å². The van der Waals surface area contributed by atoms with Gasteiger partial charge < -0.3 is 9.88 Å². The van der Waals surface area contributed by atoms with Gasteiger partial charge in [0.2, 0.25) is 0 Å². The first-order chi connectivity index (χ1) is 15.0. The molecule has 0 spiro atoms. The van der Waals surface area contributed by atoms with Crippen molar-refractivity contribution in [3.05, 3.63) is 75.7 Å². The lowest BCUT2D eigenvalue weighted by Crippen LogP contribution is -2.28. The van der Waals surface area contributed by atoms with Crippen LogP contribution in [0.15, 0.2) is 59.5 Å². The van der Waals surface area contributed by atoms with E-state index in [1.54, 1.807) is 54.7 Å². The van der Waals surface area contributed by atoms with E-state index in [1.165, 1.54) is 9.58 Å². The number of H-pyrrole nitrogens is 1. The number of alkyl halides is 1. The van der Waals surface area contributed by atoms with Gasteiger partial charge in [0, 0.05) is 28.0 Å². The number of carbonyl (C=O) groups excluding carboxylic acids is 1. The molecule has 0 radical (unpaired) electrons. The van der Waals surface area contributed by atoms with Crippen LogP contribution in [-0.4, -0.2) is 50.0 Å². The fourth-order valence-electron chi connectivity index (χ4n) is 3.72. The number of hydrogen-bond acceptors (Lipinski definition) is 4. The third kappa shape index (κ3) is 3.70. The third-order valence-corrected chi connectivity index (χ3v) is 5.61. The highest BCUT2D eigenvalue weighted by Gasteiger charge is 2.26. The molecule has 1 saturated heterocycles. The molecular formula is C22H17ClFN5O2. The molecule has 2 aromatic heterocycles. The highest BCUT2D eigenvalue weighted by atomic mass is 35.5. The van der Waals surface area contributed by atoms with Gasteiger partial charge in [-0.1, -0.05) is 16.8 Å². The number of fused-ring (bicyclic) bond motifs is 1. The Morgan fingerprint density at radius 2 is 1.97 bits per heavy atom. The number of likely N-dealkylation sites (tertiary alicyclic amines) is 1. The van der Waals surface area contributed by atoms with E-state index >= 15 is 0 Å². The Kier molecular flexibility index (Phi) is 4.78. The Morgan fingerprint density at radius 3 is 2.71 bits per heavy atom. The molecule has 9 heteroatoms. The van der Waals surface area contributed by atoms with E-state index in [0.29, 0.717) is 46.0 Å². The number of aromatic nitrogens is 4. The van der Waals surface area contributed by atoms with Gasteiger partial charge in [0.1, 0.15) is 11.9 Å². The molecule has 0 aliphatic carbocycles. The maximum Gasteiger partial charge on any atom is 0.258 e. The maximum absolute atomic E-state index is 13.4. The van der Waals surface area contributed by atoms with Crippen molar-refractivity contribution in [3.8, 4) is 16.9 Å². The number of pyridine rings is 1. The summed E-state index contributed by atoms with van der Waals surface area (Å²) in [6, 6.07) is 13.8. The van der Waals surface area contributed by atoms with Crippen molar-refractivity contribution in [2.75, 3.05) is 13.1 Å². The summed E-state index contributed by atoms with van der Waals surface area (Å²) < 4.78 is 14.9. The molecule has 0 saturated carbocycles. The van der Waals surface area contributed by atoms with E-state index in [-0.39, 0.29) is 18.0 Å². The van der Waals surface area contributed by atoms with E-state index in [1.807, 2.05) is 0 Å². The SMILES string of the molecule is O=C(c1ccc(-n2cc(-c3cc4cc(Cl)ccc4[nH]c3=O)nn2)cc1)N1CC[C@@H](F)C1. The van der Waals surface area contributed by atoms with E-state index in [4.69, 9.17) is 11.6 Å². The summed E-state index contributed by atoms with van der Waals surface area (Å²) in [4.78, 5) is 29.3. The van der Waals surface area contributed by atoms with Gasteiger partial charge in [-0.3, -0.25) is 9.59 Å². The third-order valence-electron chi connectivity index (χ3n) is 5.37. The maximum atomic E-state index is 13.4. The first-order valence-electron chi connectivity index (χ1n) is 9.77. The van der Waals surface area contributed by atoms with Gasteiger partial charge in [0.15, 0.2) is 0 Å². The van der Waals surface area contributed by atoms with Gasteiger partial charge in [0.25, 0.3) is 11.5 Å². The summed E-state index contributed by atoms with van der Waals surface area (Å²) in [7, 11) is 0. The van der Waals surface area contributed by atoms with Crippen LogP contribution in [0.4, 0.5) is 4.39 Å². The minimum Gasteiger partial charge on any atom is -0.336 e. The van der Waals surface area contributed by atoms with Gasteiger partial charge in [-0.2, -0.15) is 0 Å². The highest BCUT2D eigenvalue weighted by molar-refractivity contribution is 6.31. The van der Waals surface area contributed by atoms with Crippen molar-refractivity contribution in [2.24, 2.45) is 0 Å². The second-order valence-electron chi connectivity index (χ2n) is 7.48. The number of nitrogens with one attached hydrogen (secondary N) is 1. The summed E-state index contributed by atoms with van der Waals surface area (Å²) in [6.45, 7) is 0.568. The number of nitrogens with zero attached hydrogens (tertiary/aromatic N) is 4. The summed E-state index contributed by atoms with van der Waals surface area (Å²) >= 11 is 6.05. The van der Waals surface area contributed by atoms with Gasteiger partial charge in [-0.05, 0) is 55.0 Å². The smallest absolute Gasteiger partial charge is 0.258 e. The monoisotopic (exact) mass is 437 g/mol. The first-order valence-corrected chi connectivity index (χ1v) is 10.1. The summed E-state index contributed by atoms with van der Waals surface area (Å²) in [6.07, 6.45) is 1.07. The second-order valence-corrected chi connectivity index (χ2v) is 7.91. The predicted molar refractivity (Wildman–Crippen MR) is 115 cm³/mol. The van der Waals surface area contributed by atoms with Crippen LogP contribution in [-0.2, 0) is 0 Å². The molecule has 31 heavy (non-hydrogen) atoms. The van der Waals surface area contributed by atoms with Crippen molar-refractivity contribution in [1.82, 2.24) is 24.9 Å². The standard InChI is InChI=1S/C22H17ClFN5O2/c23-15-3-6-19-14(9-15)10-18(21(30)25-19)20-12-29(27-26-20)17-4-1-13(2-5-17)22(31)28-8-7-16(24)11-28/h1-6,9-10,12,16H,7-8,11H2,(H,25,30)/t16-/m1/s1. The Balaban J connectivity index is 1.42. The van der Waals surface area contributed by atoms with Crippen molar-refractivity contribution in [2.45, 2.75) is 12.6 Å². The first kappa shape index (κ1) is 19.4. The van der Waals surface area contributed by atoms with Crippen LogP contribution in [0.1, 0.15) is 16.8 Å². The van der Waals surface area contributed by atoms with Crippen molar-refractivity contribution in [1.29, 1.82) is 0 Å². The van der Waals surface area contributed by atoms with Crippen LogP contribution in [0.25, 0.3) is 27.8 Å². The summed E-state index contributed by atoms with van der Waals surface area (Å²) in [5.41, 5.74) is 2.36. The van der Waals surface area contributed by atoms with Gasteiger partial charge in [-0.15, -0.1) is 5.10 Å². The molecule has 0 unspecified atom stereocenters. The molecule has 0 bridgehead atoms. The molecule has 1 aliphatic heterocycles. The fourth-order valence-corrected chi connectivity index (χ4v) is 3.90. The molecule has 1 N–H and O–H groups in total. The lowest BCUT2D eigenvalue weighted by Gasteiger charge is -2.15. The average molecular weight is 438 g/mol. The summed E-state index contributed by atoms with van der Waals surface area (Å²) in [5, 5.41) is 9.59. The summed E-state index contributed by atoms with van der Waals surface area (Å²) in [5.74, 6) is -0.188. The molecular weight excluding hydrogens is 421 g/mol. The minimum absolute atomic E-state index is 0.137. The van der Waals surface area contributed by atoms with Crippen LogP contribution in [0, 0.1) is 0 Å². The van der Waals surface area contributed by atoms with Gasteiger partial charge in [0.05, 0.1) is 24.0 Å². The zero-order valence-corrected chi connectivity index (χ0v) is 17.0. The zero-order valence-electron chi connectivity index (χ0n) is 16.3. The zero-order chi connectivity index (χ0) is 21.5. The number of hydrogen-bond donors (Lipinski definition) is 1. The average Bonchev–Trinajstić information content (AvgIpc) is 3.43. The van der Waals surface area contributed by atoms with Crippen molar-refractivity contribution in [3.63, 3.8) is 0 Å². The molecule has 5 rings (SSSR count). The number of halogens is 2. The second kappa shape index (κ2) is 7.63. The van der Waals surface area contributed by atoms with Crippen LogP contribution >= 0.6 is 11.6 Å². The molecule has 3 heterocycles. The largest absolute Gasteiger partial charge is 0.336 e. The molecule has 1 atom stereocenters. The van der Waals surface area contributed by atoms with Crippen molar-refractivity contribution < 1.29 is 9.18 Å². The number of rotatable bonds is 3. The highest BCUT2D eigenvalue weighted by Crippen LogP contribution is 2.22. The Bertz CT molecular complexity index is 1350. The molecule has 1 aliphatic rings. The van der Waals surface area contributed by atoms with E-state index in [9.17, 15) is 14.0 Å². The molecule has 4 aromatic rings. The fraction of sp³-hybridized carbons (Fsp3) is 0.182. The van der Waals surface area contributed by atoms with Gasteiger partial charge in [-0.25, -0.2) is 9.07 Å². The molecule has 1 amide bonds. The number of carbonyl (C=O) groups is 1. The molecule has 1 fully saturated rings. The topological polar surface area (TPSA) is 83.9 Å². The van der Waals surface area contributed by atoms with Gasteiger partial charge >= 0.3 is 0 Å². The molecule has 156 valence electrons. The Labute approximate surface area is 181 Å². The molecule has 7 nitrogen and oxygen atoms in total. The van der Waals surface area contributed by atoms with Crippen LogP contribution < -0.4 is 5.56 Å². The number of benzene rings is 2. The van der Waals surface area contributed by atoms with Crippen LogP contribution in [0.3, 0.4) is 0 Å². The minimum atomic E-state index is -0.953. The predicted octanol–water partition coefficient (Wildman–Crippen LogP) is 3.61. The normalized spacial score (nSPS) is 16.2. The number of aromatic amines is 1. The lowest BCUT2D eigenvalue weighted by molar-refractivity contribution is 0.0783. The van der Waals surface area contributed by atoms with E-state index in [0.717, 1.165) is 5.39 Å². The van der Waals surface area contributed by atoms with Crippen LogP contribution in [0.2, 0.25) is 5.02 Å². The number of amides is 1. The lowest BCUT2D eigenvalue weighted by atomic mass is 10.1. The molecule has 2 aromatic carbocycles. The van der Waals surface area contributed by atoms with E-state index < -0.39 is 6.17 Å².